The predicted octanol–water partition coefficient (Wildman–Crippen LogP) is 3.06. The van der Waals surface area contributed by atoms with Gasteiger partial charge in [-0.05, 0) is 24.1 Å². The van der Waals surface area contributed by atoms with Crippen molar-refractivity contribution in [2.45, 2.75) is 25.5 Å². The van der Waals surface area contributed by atoms with Crippen molar-refractivity contribution in [3.05, 3.63) is 33.3 Å². The molecule has 1 aliphatic heterocycles. The lowest BCUT2D eigenvalue weighted by Crippen LogP contribution is -2.60. The first kappa shape index (κ1) is 12.4. The van der Waals surface area contributed by atoms with Crippen molar-refractivity contribution in [2.75, 3.05) is 13.1 Å². The molecular weight excluding hydrogens is 289 g/mol. The van der Waals surface area contributed by atoms with Crippen LogP contribution in [0.4, 0.5) is 0 Å². The molecule has 0 radical (unpaired) electrons. The molecular formula is C12H15BrClNO. The molecule has 0 saturated carbocycles. The number of benzene rings is 1. The fraction of sp³-hybridized carbons (Fsp3) is 0.500. The van der Waals surface area contributed by atoms with Crippen LogP contribution in [0.5, 0.6) is 0 Å². The van der Waals surface area contributed by atoms with Gasteiger partial charge in [-0.1, -0.05) is 40.5 Å². The van der Waals surface area contributed by atoms with Crippen molar-refractivity contribution in [2.24, 2.45) is 0 Å². The van der Waals surface area contributed by atoms with Crippen LogP contribution in [0.15, 0.2) is 22.7 Å². The highest BCUT2D eigenvalue weighted by Gasteiger charge is 2.39. The average Bonchev–Trinajstić information content (AvgIpc) is 2.19. The van der Waals surface area contributed by atoms with Gasteiger partial charge in [-0.15, -0.1) is 0 Å². The summed E-state index contributed by atoms with van der Waals surface area (Å²) in [5.74, 6) is 0. The normalized spacial score (nSPS) is 19.5. The van der Waals surface area contributed by atoms with Crippen LogP contribution in [-0.2, 0) is 6.54 Å². The van der Waals surface area contributed by atoms with Crippen molar-refractivity contribution >= 4 is 27.5 Å². The molecule has 2 rings (SSSR count). The zero-order valence-corrected chi connectivity index (χ0v) is 11.6. The number of nitrogens with zero attached hydrogens (tertiary/aromatic N) is 1. The average molecular weight is 305 g/mol. The molecule has 1 heterocycles. The number of β-amino-alcohol motifs (C(OH)–C–C–N with tert-alkyl or cyclic N) is 1. The Hall–Kier alpha value is -0.0900. The van der Waals surface area contributed by atoms with Crippen molar-refractivity contribution in [3.8, 4) is 0 Å². The number of hydrogen-bond acceptors (Lipinski definition) is 2. The highest BCUT2D eigenvalue weighted by molar-refractivity contribution is 9.10. The SMILES string of the molecule is CCC1(O)CN(Cc2ccc(Br)cc2Cl)C1. The van der Waals surface area contributed by atoms with E-state index in [0.717, 1.165) is 41.1 Å². The molecule has 0 atom stereocenters. The van der Waals surface area contributed by atoms with E-state index in [1.54, 1.807) is 0 Å². The second kappa shape index (κ2) is 4.65. The van der Waals surface area contributed by atoms with Crippen molar-refractivity contribution in [1.82, 2.24) is 4.90 Å². The number of hydrogen-bond donors (Lipinski definition) is 1. The van der Waals surface area contributed by atoms with Crippen LogP contribution in [0, 0.1) is 0 Å². The van der Waals surface area contributed by atoms with E-state index in [1.165, 1.54) is 0 Å². The molecule has 1 saturated heterocycles. The van der Waals surface area contributed by atoms with E-state index in [9.17, 15) is 5.11 Å². The van der Waals surface area contributed by atoms with Gasteiger partial charge >= 0.3 is 0 Å². The minimum atomic E-state index is -0.470. The lowest BCUT2D eigenvalue weighted by Gasteiger charge is -2.46. The zero-order chi connectivity index (χ0) is 11.8. The van der Waals surface area contributed by atoms with Crippen LogP contribution in [-0.4, -0.2) is 28.7 Å². The van der Waals surface area contributed by atoms with Crippen LogP contribution < -0.4 is 0 Å². The second-order valence-electron chi connectivity index (χ2n) is 4.46. The molecule has 0 aromatic heterocycles. The minimum Gasteiger partial charge on any atom is -0.387 e. The minimum absolute atomic E-state index is 0.470. The number of aliphatic hydroxyl groups is 1. The van der Waals surface area contributed by atoms with Gasteiger partial charge in [-0.25, -0.2) is 0 Å². The van der Waals surface area contributed by atoms with Crippen LogP contribution in [0.3, 0.4) is 0 Å². The standard InChI is InChI=1S/C12H15BrClNO/c1-2-12(16)7-15(8-12)6-9-3-4-10(13)5-11(9)14/h3-5,16H,2,6-8H2,1H3. The topological polar surface area (TPSA) is 23.5 Å². The third kappa shape index (κ3) is 2.59. The lowest BCUT2D eigenvalue weighted by molar-refractivity contribution is -0.103. The van der Waals surface area contributed by atoms with Gasteiger partial charge in [0.1, 0.15) is 0 Å². The fourth-order valence-corrected chi connectivity index (χ4v) is 2.75. The summed E-state index contributed by atoms with van der Waals surface area (Å²) < 4.78 is 0.995. The molecule has 1 aliphatic rings. The fourth-order valence-electron chi connectivity index (χ4n) is 2.01. The van der Waals surface area contributed by atoms with Gasteiger partial charge in [0.15, 0.2) is 0 Å². The van der Waals surface area contributed by atoms with Gasteiger partial charge in [0.2, 0.25) is 0 Å². The van der Waals surface area contributed by atoms with Gasteiger partial charge in [-0.3, -0.25) is 4.90 Å². The van der Waals surface area contributed by atoms with E-state index in [-0.39, 0.29) is 0 Å². The van der Waals surface area contributed by atoms with Gasteiger partial charge in [0.25, 0.3) is 0 Å². The zero-order valence-electron chi connectivity index (χ0n) is 9.21. The lowest BCUT2D eigenvalue weighted by atomic mass is 9.91. The van der Waals surface area contributed by atoms with E-state index in [4.69, 9.17) is 11.6 Å². The Labute approximate surface area is 109 Å². The van der Waals surface area contributed by atoms with Crippen LogP contribution in [0.1, 0.15) is 18.9 Å². The number of rotatable bonds is 3. The molecule has 0 amide bonds. The Kier molecular flexibility index (Phi) is 3.59. The molecule has 1 aromatic rings. The van der Waals surface area contributed by atoms with Gasteiger partial charge < -0.3 is 5.11 Å². The Balaban J connectivity index is 1.96. The molecule has 1 aromatic carbocycles. The molecule has 16 heavy (non-hydrogen) atoms. The number of likely N-dealkylation sites (tertiary alicyclic amines) is 1. The Morgan fingerprint density at radius 2 is 2.19 bits per heavy atom. The Morgan fingerprint density at radius 3 is 2.75 bits per heavy atom. The monoisotopic (exact) mass is 303 g/mol. The van der Waals surface area contributed by atoms with Crippen molar-refractivity contribution in [3.63, 3.8) is 0 Å². The molecule has 1 N–H and O–H groups in total. The summed E-state index contributed by atoms with van der Waals surface area (Å²) in [4.78, 5) is 2.21. The van der Waals surface area contributed by atoms with E-state index < -0.39 is 5.60 Å². The van der Waals surface area contributed by atoms with Crippen LogP contribution in [0.2, 0.25) is 5.02 Å². The Morgan fingerprint density at radius 1 is 1.50 bits per heavy atom. The molecule has 0 aliphatic carbocycles. The maximum absolute atomic E-state index is 9.90. The Bertz CT molecular complexity index is 391. The first-order chi connectivity index (χ1) is 7.52. The smallest absolute Gasteiger partial charge is 0.0897 e. The van der Waals surface area contributed by atoms with Crippen LogP contribution >= 0.6 is 27.5 Å². The number of halogens is 2. The summed E-state index contributed by atoms with van der Waals surface area (Å²) in [6.45, 7) is 4.32. The maximum Gasteiger partial charge on any atom is 0.0897 e. The molecule has 88 valence electrons. The third-order valence-corrected chi connectivity index (χ3v) is 3.95. The molecule has 4 heteroatoms. The highest BCUT2D eigenvalue weighted by atomic mass is 79.9. The van der Waals surface area contributed by atoms with Gasteiger partial charge in [0.05, 0.1) is 5.60 Å². The van der Waals surface area contributed by atoms with E-state index in [0.29, 0.717) is 0 Å². The summed E-state index contributed by atoms with van der Waals surface area (Å²) in [7, 11) is 0. The largest absolute Gasteiger partial charge is 0.387 e. The summed E-state index contributed by atoms with van der Waals surface area (Å²) in [5.41, 5.74) is 0.644. The molecule has 0 bridgehead atoms. The first-order valence-corrected chi connectivity index (χ1v) is 6.58. The third-order valence-electron chi connectivity index (χ3n) is 3.10. The molecule has 0 spiro atoms. The first-order valence-electron chi connectivity index (χ1n) is 5.41. The van der Waals surface area contributed by atoms with Crippen molar-refractivity contribution < 1.29 is 5.11 Å². The van der Waals surface area contributed by atoms with E-state index >= 15 is 0 Å². The summed E-state index contributed by atoms with van der Waals surface area (Å²) in [5, 5.41) is 10.7. The van der Waals surface area contributed by atoms with E-state index in [1.807, 2.05) is 25.1 Å². The van der Waals surface area contributed by atoms with Gasteiger partial charge in [-0.2, -0.15) is 0 Å². The van der Waals surface area contributed by atoms with E-state index in [2.05, 4.69) is 20.8 Å². The summed E-state index contributed by atoms with van der Waals surface area (Å²) in [6.07, 6.45) is 0.817. The second-order valence-corrected chi connectivity index (χ2v) is 5.78. The van der Waals surface area contributed by atoms with Crippen molar-refractivity contribution in [1.29, 1.82) is 0 Å². The highest BCUT2D eigenvalue weighted by Crippen LogP contribution is 2.28. The quantitative estimate of drug-likeness (QED) is 0.928. The van der Waals surface area contributed by atoms with Crippen LogP contribution in [0.25, 0.3) is 0 Å². The molecule has 0 unspecified atom stereocenters. The summed E-state index contributed by atoms with van der Waals surface area (Å²) >= 11 is 9.53. The summed E-state index contributed by atoms with van der Waals surface area (Å²) in [6, 6.07) is 5.92. The molecule has 2 nitrogen and oxygen atoms in total. The van der Waals surface area contributed by atoms with Gasteiger partial charge in [0, 0.05) is 29.1 Å². The molecule has 1 fully saturated rings. The predicted molar refractivity (Wildman–Crippen MR) is 69.7 cm³/mol. The maximum atomic E-state index is 9.90.